The number of benzene rings is 3. The minimum Gasteiger partial charge on any atom is -0.489 e. The normalized spacial score (nSPS) is 13.7. The summed E-state index contributed by atoms with van der Waals surface area (Å²) in [5.41, 5.74) is 3.70. The van der Waals surface area contributed by atoms with Crippen LogP contribution < -0.4 is 15.4 Å². The van der Waals surface area contributed by atoms with Crippen molar-refractivity contribution in [1.29, 1.82) is 0 Å². The molecule has 0 atom stereocenters. The van der Waals surface area contributed by atoms with Gasteiger partial charge < -0.3 is 24.8 Å². The SMILES string of the molecule is COCCOc1ccc(C(=O)Nc2ccc(-c3ccccc3)cc2)cc1NC(=O)CN1CCOCC1. The van der Waals surface area contributed by atoms with Gasteiger partial charge in [0, 0.05) is 31.5 Å². The third kappa shape index (κ3) is 7.14. The first-order valence-electron chi connectivity index (χ1n) is 11.9. The predicted molar refractivity (Wildman–Crippen MR) is 140 cm³/mol. The van der Waals surface area contributed by atoms with Crippen LogP contribution >= 0.6 is 0 Å². The number of hydrogen-bond donors (Lipinski definition) is 2. The second-order valence-electron chi connectivity index (χ2n) is 8.39. The summed E-state index contributed by atoms with van der Waals surface area (Å²) >= 11 is 0. The molecule has 0 aromatic heterocycles. The van der Waals surface area contributed by atoms with Gasteiger partial charge in [-0.15, -0.1) is 0 Å². The summed E-state index contributed by atoms with van der Waals surface area (Å²) in [5.74, 6) is 0.0169. The van der Waals surface area contributed by atoms with E-state index in [1.165, 1.54) is 0 Å². The number of carbonyl (C=O) groups is 2. The largest absolute Gasteiger partial charge is 0.489 e. The number of anilines is 2. The Balaban J connectivity index is 1.45. The van der Waals surface area contributed by atoms with Gasteiger partial charge in [0.15, 0.2) is 0 Å². The van der Waals surface area contributed by atoms with Gasteiger partial charge in [-0.05, 0) is 41.5 Å². The summed E-state index contributed by atoms with van der Waals surface area (Å²) in [6, 6.07) is 22.7. The van der Waals surface area contributed by atoms with E-state index in [9.17, 15) is 9.59 Å². The number of amides is 2. The third-order valence-electron chi connectivity index (χ3n) is 5.78. The van der Waals surface area contributed by atoms with Crippen molar-refractivity contribution < 1.29 is 23.8 Å². The number of carbonyl (C=O) groups excluding carboxylic acids is 2. The summed E-state index contributed by atoms with van der Waals surface area (Å²) in [4.78, 5) is 27.7. The second kappa shape index (κ2) is 12.8. The van der Waals surface area contributed by atoms with E-state index in [1.54, 1.807) is 25.3 Å². The maximum absolute atomic E-state index is 13.0. The van der Waals surface area contributed by atoms with Crippen molar-refractivity contribution in [2.45, 2.75) is 0 Å². The number of nitrogens with zero attached hydrogens (tertiary/aromatic N) is 1. The molecule has 2 amide bonds. The lowest BCUT2D eigenvalue weighted by Gasteiger charge is -2.26. The molecular formula is C28H31N3O5. The van der Waals surface area contributed by atoms with Crippen molar-refractivity contribution in [1.82, 2.24) is 4.90 Å². The zero-order valence-corrected chi connectivity index (χ0v) is 20.4. The van der Waals surface area contributed by atoms with Gasteiger partial charge in [0.2, 0.25) is 5.91 Å². The zero-order valence-electron chi connectivity index (χ0n) is 20.4. The summed E-state index contributed by atoms with van der Waals surface area (Å²) < 4.78 is 16.2. The summed E-state index contributed by atoms with van der Waals surface area (Å²) in [5, 5.41) is 5.82. The highest BCUT2D eigenvalue weighted by atomic mass is 16.5. The molecule has 0 unspecified atom stereocenters. The van der Waals surface area contributed by atoms with E-state index in [0.29, 0.717) is 62.2 Å². The molecule has 8 heteroatoms. The number of rotatable bonds is 10. The summed E-state index contributed by atoms with van der Waals surface area (Å²) in [6.45, 7) is 3.60. The maximum Gasteiger partial charge on any atom is 0.255 e. The summed E-state index contributed by atoms with van der Waals surface area (Å²) in [6.07, 6.45) is 0. The monoisotopic (exact) mass is 489 g/mol. The lowest BCUT2D eigenvalue weighted by atomic mass is 10.1. The molecule has 0 radical (unpaired) electrons. The van der Waals surface area contributed by atoms with Crippen LogP contribution in [0.5, 0.6) is 5.75 Å². The Morgan fingerprint density at radius 3 is 2.33 bits per heavy atom. The molecule has 0 aliphatic carbocycles. The van der Waals surface area contributed by atoms with Crippen LogP contribution in [0.4, 0.5) is 11.4 Å². The molecule has 1 aliphatic heterocycles. The fourth-order valence-electron chi connectivity index (χ4n) is 3.86. The fourth-order valence-corrected chi connectivity index (χ4v) is 3.86. The van der Waals surface area contributed by atoms with E-state index in [-0.39, 0.29) is 18.4 Å². The minimum atomic E-state index is -0.283. The van der Waals surface area contributed by atoms with Crippen LogP contribution in [0.25, 0.3) is 11.1 Å². The molecule has 8 nitrogen and oxygen atoms in total. The van der Waals surface area contributed by atoms with Crippen LogP contribution in [0, 0.1) is 0 Å². The van der Waals surface area contributed by atoms with E-state index in [0.717, 1.165) is 11.1 Å². The topological polar surface area (TPSA) is 89.1 Å². The molecule has 1 fully saturated rings. The van der Waals surface area contributed by atoms with Crippen LogP contribution in [0.2, 0.25) is 0 Å². The van der Waals surface area contributed by atoms with Crippen molar-refractivity contribution in [3.8, 4) is 16.9 Å². The quantitative estimate of drug-likeness (QED) is 0.420. The molecule has 0 bridgehead atoms. The molecule has 0 saturated carbocycles. The highest BCUT2D eigenvalue weighted by Crippen LogP contribution is 2.27. The van der Waals surface area contributed by atoms with Crippen molar-refractivity contribution in [3.63, 3.8) is 0 Å². The van der Waals surface area contributed by atoms with Crippen LogP contribution in [0.1, 0.15) is 10.4 Å². The van der Waals surface area contributed by atoms with E-state index < -0.39 is 0 Å². The average Bonchev–Trinajstić information content (AvgIpc) is 2.91. The molecule has 4 rings (SSSR count). The highest BCUT2D eigenvalue weighted by molar-refractivity contribution is 6.06. The smallest absolute Gasteiger partial charge is 0.255 e. The number of morpholine rings is 1. The van der Waals surface area contributed by atoms with Gasteiger partial charge >= 0.3 is 0 Å². The van der Waals surface area contributed by atoms with Gasteiger partial charge in [-0.2, -0.15) is 0 Å². The molecule has 1 saturated heterocycles. The first-order valence-corrected chi connectivity index (χ1v) is 11.9. The van der Waals surface area contributed by atoms with Crippen molar-refractivity contribution in [2.75, 3.05) is 63.8 Å². The average molecular weight is 490 g/mol. The van der Waals surface area contributed by atoms with E-state index in [2.05, 4.69) is 10.6 Å². The minimum absolute atomic E-state index is 0.178. The standard InChI is InChI=1S/C28H31N3O5/c1-34-17-18-36-26-12-9-23(19-25(26)30-27(32)20-31-13-15-35-16-14-31)28(33)29-24-10-7-22(8-11-24)21-5-3-2-4-6-21/h2-12,19H,13-18,20H2,1H3,(H,29,33)(H,30,32). The van der Waals surface area contributed by atoms with Gasteiger partial charge in [0.25, 0.3) is 5.91 Å². The Morgan fingerprint density at radius 2 is 1.61 bits per heavy atom. The molecule has 1 heterocycles. The Hall–Kier alpha value is -3.72. The molecule has 36 heavy (non-hydrogen) atoms. The first kappa shape index (κ1) is 25.4. The van der Waals surface area contributed by atoms with E-state index in [4.69, 9.17) is 14.2 Å². The lowest BCUT2D eigenvalue weighted by molar-refractivity contribution is -0.118. The van der Waals surface area contributed by atoms with E-state index in [1.807, 2.05) is 59.5 Å². The molecule has 0 spiro atoms. The van der Waals surface area contributed by atoms with E-state index >= 15 is 0 Å². The van der Waals surface area contributed by atoms with Gasteiger partial charge in [-0.25, -0.2) is 0 Å². The van der Waals surface area contributed by atoms with Crippen molar-refractivity contribution in [3.05, 3.63) is 78.4 Å². The Bertz CT molecular complexity index is 1150. The lowest BCUT2D eigenvalue weighted by Crippen LogP contribution is -2.41. The van der Waals surface area contributed by atoms with Crippen LogP contribution in [-0.2, 0) is 14.3 Å². The predicted octanol–water partition coefficient (Wildman–Crippen LogP) is 3.90. The Morgan fingerprint density at radius 1 is 0.889 bits per heavy atom. The zero-order chi connectivity index (χ0) is 25.2. The molecule has 1 aliphatic rings. The molecule has 3 aromatic rings. The molecule has 188 valence electrons. The summed E-state index contributed by atoms with van der Waals surface area (Å²) in [7, 11) is 1.59. The van der Waals surface area contributed by atoms with Crippen LogP contribution in [0.3, 0.4) is 0 Å². The Labute approximate surface area is 211 Å². The van der Waals surface area contributed by atoms with Crippen LogP contribution in [0.15, 0.2) is 72.8 Å². The van der Waals surface area contributed by atoms with Gasteiger partial charge in [-0.3, -0.25) is 14.5 Å². The fraction of sp³-hybridized carbons (Fsp3) is 0.286. The Kier molecular flexibility index (Phi) is 9.04. The van der Waals surface area contributed by atoms with Gasteiger partial charge in [0.05, 0.1) is 32.1 Å². The number of methoxy groups -OCH3 is 1. The first-order chi connectivity index (χ1) is 17.6. The molecule has 3 aromatic carbocycles. The van der Waals surface area contributed by atoms with Gasteiger partial charge in [0.1, 0.15) is 12.4 Å². The number of hydrogen-bond acceptors (Lipinski definition) is 6. The highest BCUT2D eigenvalue weighted by Gasteiger charge is 2.17. The third-order valence-corrected chi connectivity index (χ3v) is 5.78. The van der Waals surface area contributed by atoms with Crippen molar-refractivity contribution in [2.24, 2.45) is 0 Å². The second-order valence-corrected chi connectivity index (χ2v) is 8.39. The number of nitrogens with one attached hydrogen (secondary N) is 2. The van der Waals surface area contributed by atoms with Crippen LogP contribution in [-0.4, -0.2) is 69.9 Å². The van der Waals surface area contributed by atoms with Gasteiger partial charge in [-0.1, -0.05) is 42.5 Å². The molecular weight excluding hydrogens is 458 g/mol. The maximum atomic E-state index is 13.0. The molecule has 2 N–H and O–H groups in total. The number of ether oxygens (including phenoxy) is 3. The van der Waals surface area contributed by atoms with Crippen molar-refractivity contribution >= 4 is 23.2 Å².